The summed E-state index contributed by atoms with van der Waals surface area (Å²) in [7, 11) is 0. The second kappa shape index (κ2) is 4.03. The van der Waals surface area contributed by atoms with Crippen LogP contribution in [-0.2, 0) is 0 Å². The zero-order valence-electron chi connectivity index (χ0n) is 9.87. The SMILES string of the molecule is Cc1ccc2nc(-c3ccc(N)cc3Cl)[nH]c2c1. The van der Waals surface area contributed by atoms with Crippen molar-refractivity contribution in [1.29, 1.82) is 0 Å². The Morgan fingerprint density at radius 1 is 1.17 bits per heavy atom. The van der Waals surface area contributed by atoms with E-state index in [4.69, 9.17) is 17.3 Å². The molecular weight excluding hydrogens is 246 g/mol. The van der Waals surface area contributed by atoms with E-state index < -0.39 is 0 Å². The highest BCUT2D eigenvalue weighted by atomic mass is 35.5. The number of nitrogens with zero attached hydrogens (tertiary/aromatic N) is 1. The van der Waals surface area contributed by atoms with Crippen LogP contribution >= 0.6 is 11.6 Å². The number of nitrogen functional groups attached to an aromatic ring is 1. The zero-order valence-corrected chi connectivity index (χ0v) is 10.6. The first-order valence-electron chi connectivity index (χ1n) is 5.65. The molecule has 3 N–H and O–H groups in total. The lowest BCUT2D eigenvalue weighted by Crippen LogP contribution is -1.87. The van der Waals surface area contributed by atoms with Crippen molar-refractivity contribution in [3.8, 4) is 11.4 Å². The Hall–Kier alpha value is -2.00. The van der Waals surface area contributed by atoms with Crippen LogP contribution in [-0.4, -0.2) is 9.97 Å². The number of hydrogen-bond acceptors (Lipinski definition) is 2. The van der Waals surface area contributed by atoms with Gasteiger partial charge in [-0.05, 0) is 42.8 Å². The highest BCUT2D eigenvalue weighted by Gasteiger charge is 2.09. The van der Waals surface area contributed by atoms with Crippen LogP contribution in [0.15, 0.2) is 36.4 Å². The predicted octanol–water partition coefficient (Wildman–Crippen LogP) is 3.77. The van der Waals surface area contributed by atoms with Crippen molar-refractivity contribution in [2.75, 3.05) is 5.73 Å². The summed E-state index contributed by atoms with van der Waals surface area (Å²) in [4.78, 5) is 7.81. The van der Waals surface area contributed by atoms with Crippen molar-refractivity contribution >= 4 is 28.3 Å². The fraction of sp³-hybridized carbons (Fsp3) is 0.0714. The van der Waals surface area contributed by atoms with Crippen molar-refractivity contribution in [1.82, 2.24) is 9.97 Å². The largest absolute Gasteiger partial charge is 0.399 e. The Balaban J connectivity index is 2.19. The number of anilines is 1. The fourth-order valence-electron chi connectivity index (χ4n) is 1.97. The molecular formula is C14H12ClN3. The minimum atomic E-state index is 0.603. The second-order valence-corrected chi connectivity index (χ2v) is 4.75. The molecule has 2 aromatic carbocycles. The van der Waals surface area contributed by atoms with Crippen molar-refractivity contribution in [2.24, 2.45) is 0 Å². The topological polar surface area (TPSA) is 54.7 Å². The summed E-state index contributed by atoms with van der Waals surface area (Å²) in [6.07, 6.45) is 0. The first-order chi connectivity index (χ1) is 8.63. The molecule has 3 nitrogen and oxygen atoms in total. The molecule has 0 amide bonds. The number of nitrogens with one attached hydrogen (secondary N) is 1. The predicted molar refractivity (Wildman–Crippen MR) is 75.7 cm³/mol. The molecule has 3 rings (SSSR count). The molecule has 0 atom stereocenters. The van der Waals surface area contributed by atoms with Gasteiger partial charge in [-0.2, -0.15) is 0 Å². The van der Waals surface area contributed by atoms with Gasteiger partial charge in [-0.15, -0.1) is 0 Å². The quantitative estimate of drug-likeness (QED) is 0.652. The molecule has 0 aliphatic carbocycles. The Kier molecular flexibility index (Phi) is 2.49. The molecule has 18 heavy (non-hydrogen) atoms. The maximum Gasteiger partial charge on any atom is 0.140 e. The molecule has 0 bridgehead atoms. The van der Waals surface area contributed by atoms with Crippen LogP contribution in [0.4, 0.5) is 5.69 Å². The third kappa shape index (κ3) is 1.83. The number of hydrogen-bond donors (Lipinski definition) is 2. The highest BCUT2D eigenvalue weighted by Crippen LogP contribution is 2.29. The summed E-state index contributed by atoms with van der Waals surface area (Å²) in [5.74, 6) is 0.764. The lowest BCUT2D eigenvalue weighted by Gasteiger charge is -2.01. The minimum absolute atomic E-state index is 0.603. The van der Waals surface area contributed by atoms with Crippen LogP contribution < -0.4 is 5.73 Å². The molecule has 0 fully saturated rings. The number of rotatable bonds is 1. The normalized spacial score (nSPS) is 11.0. The van der Waals surface area contributed by atoms with Crippen molar-refractivity contribution in [2.45, 2.75) is 6.92 Å². The third-order valence-corrected chi connectivity index (χ3v) is 3.20. The monoisotopic (exact) mass is 257 g/mol. The average molecular weight is 258 g/mol. The van der Waals surface area contributed by atoms with Crippen LogP contribution in [0.3, 0.4) is 0 Å². The van der Waals surface area contributed by atoms with Gasteiger partial charge in [0.05, 0.1) is 16.1 Å². The van der Waals surface area contributed by atoms with Gasteiger partial charge in [0.15, 0.2) is 0 Å². The van der Waals surface area contributed by atoms with E-state index in [1.54, 1.807) is 6.07 Å². The van der Waals surface area contributed by atoms with E-state index in [1.807, 2.05) is 24.3 Å². The summed E-state index contributed by atoms with van der Waals surface area (Å²) >= 11 is 6.18. The van der Waals surface area contributed by atoms with Gasteiger partial charge in [0, 0.05) is 11.3 Å². The summed E-state index contributed by atoms with van der Waals surface area (Å²) in [5, 5.41) is 0.603. The number of aromatic amines is 1. The standard InChI is InChI=1S/C14H12ClN3/c1-8-2-5-12-13(6-8)18-14(17-12)10-4-3-9(16)7-11(10)15/h2-7H,16H2,1H3,(H,17,18). The van der Waals surface area contributed by atoms with Crippen molar-refractivity contribution in [3.05, 3.63) is 47.0 Å². The van der Waals surface area contributed by atoms with E-state index >= 15 is 0 Å². The van der Waals surface area contributed by atoms with E-state index in [9.17, 15) is 0 Å². The van der Waals surface area contributed by atoms with Crippen LogP contribution in [0.1, 0.15) is 5.56 Å². The molecule has 90 valence electrons. The first kappa shape index (κ1) is 11.1. The fourth-order valence-corrected chi connectivity index (χ4v) is 2.25. The van der Waals surface area contributed by atoms with Gasteiger partial charge in [0.1, 0.15) is 5.82 Å². The maximum atomic E-state index is 6.18. The highest BCUT2D eigenvalue weighted by molar-refractivity contribution is 6.33. The molecule has 0 saturated heterocycles. The van der Waals surface area contributed by atoms with Crippen molar-refractivity contribution < 1.29 is 0 Å². The number of aromatic nitrogens is 2. The lowest BCUT2D eigenvalue weighted by molar-refractivity contribution is 1.34. The molecule has 1 aromatic heterocycles. The third-order valence-electron chi connectivity index (χ3n) is 2.89. The van der Waals surface area contributed by atoms with Crippen LogP contribution in [0.5, 0.6) is 0 Å². The smallest absolute Gasteiger partial charge is 0.140 e. The summed E-state index contributed by atoms with van der Waals surface area (Å²) in [6.45, 7) is 2.05. The number of nitrogens with two attached hydrogens (primary N) is 1. The average Bonchev–Trinajstić information content (AvgIpc) is 2.71. The molecule has 0 aliphatic rings. The Morgan fingerprint density at radius 3 is 2.78 bits per heavy atom. The number of H-pyrrole nitrogens is 1. The van der Waals surface area contributed by atoms with Gasteiger partial charge < -0.3 is 10.7 Å². The Bertz CT molecular complexity index is 731. The van der Waals surface area contributed by atoms with E-state index in [-0.39, 0.29) is 0 Å². The number of aryl methyl sites for hydroxylation is 1. The van der Waals surface area contributed by atoms with E-state index in [1.165, 1.54) is 5.56 Å². The molecule has 3 aromatic rings. The van der Waals surface area contributed by atoms with Gasteiger partial charge in [-0.3, -0.25) is 0 Å². The summed E-state index contributed by atoms with van der Waals surface area (Å²) in [6, 6.07) is 11.5. The zero-order chi connectivity index (χ0) is 12.7. The Morgan fingerprint density at radius 2 is 2.00 bits per heavy atom. The van der Waals surface area contributed by atoms with Crippen LogP contribution in [0.2, 0.25) is 5.02 Å². The van der Waals surface area contributed by atoms with Gasteiger partial charge in [0.2, 0.25) is 0 Å². The van der Waals surface area contributed by atoms with Gasteiger partial charge >= 0.3 is 0 Å². The van der Waals surface area contributed by atoms with Gasteiger partial charge in [-0.1, -0.05) is 17.7 Å². The van der Waals surface area contributed by atoms with Gasteiger partial charge in [0.25, 0.3) is 0 Å². The lowest BCUT2D eigenvalue weighted by atomic mass is 10.2. The summed E-state index contributed by atoms with van der Waals surface area (Å²) in [5.41, 5.74) is 10.3. The van der Waals surface area contributed by atoms with Crippen LogP contribution in [0.25, 0.3) is 22.4 Å². The number of halogens is 1. The summed E-state index contributed by atoms with van der Waals surface area (Å²) < 4.78 is 0. The number of imidazole rings is 1. The molecule has 0 aliphatic heterocycles. The Labute approximate surface area is 110 Å². The van der Waals surface area contributed by atoms with E-state index in [0.29, 0.717) is 10.7 Å². The molecule has 0 unspecified atom stereocenters. The van der Waals surface area contributed by atoms with E-state index in [2.05, 4.69) is 23.0 Å². The number of benzene rings is 2. The maximum absolute atomic E-state index is 6.18. The number of fused-ring (bicyclic) bond motifs is 1. The van der Waals surface area contributed by atoms with E-state index in [0.717, 1.165) is 22.4 Å². The second-order valence-electron chi connectivity index (χ2n) is 4.35. The first-order valence-corrected chi connectivity index (χ1v) is 6.03. The van der Waals surface area contributed by atoms with Crippen molar-refractivity contribution in [3.63, 3.8) is 0 Å². The molecule has 0 saturated carbocycles. The molecule has 4 heteroatoms. The molecule has 0 radical (unpaired) electrons. The minimum Gasteiger partial charge on any atom is -0.399 e. The molecule has 1 heterocycles. The van der Waals surface area contributed by atoms with Crippen LogP contribution in [0, 0.1) is 6.92 Å². The molecule has 0 spiro atoms. The van der Waals surface area contributed by atoms with Gasteiger partial charge in [-0.25, -0.2) is 4.98 Å².